The molecule has 9 nitrogen and oxygen atoms in total. The van der Waals surface area contributed by atoms with Gasteiger partial charge < -0.3 is 10.6 Å². The van der Waals surface area contributed by atoms with Gasteiger partial charge in [-0.2, -0.15) is 5.26 Å². The number of anilines is 2. The number of likely N-dealkylation sites (tertiary alicyclic amines) is 1. The summed E-state index contributed by atoms with van der Waals surface area (Å²) in [4.78, 5) is 20.0. The van der Waals surface area contributed by atoms with Gasteiger partial charge in [0, 0.05) is 41.5 Å². The maximum absolute atomic E-state index is 14.0. The van der Waals surface area contributed by atoms with Crippen LogP contribution in [-0.2, 0) is 0 Å². The molecule has 0 spiro atoms. The number of pyridine rings is 1. The van der Waals surface area contributed by atoms with Crippen molar-refractivity contribution in [2.45, 2.75) is 51.2 Å². The zero-order chi connectivity index (χ0) is 32.4. The van der Waals surface area contributed by atoms with Crippen molar-refractivity contribution in [3.8, 4) is 6.07 Å². The fourth-order valence-electron chi connectivity index (χ4n) is 5.89. The molecule has 6 rings (SSSR count). The Morgan fingerprint density at radius 1 is 1.09 bits per heavy atom. The van der Waals surface area contributed by atoms with Crippen molar-refractivity contribution in [2.24, 2.45) is 0 Å². The molecule has 0 saturated carbocycles. The highest BCUT2D eigenvalue weighted by molar-refractivity contribution is 6.36. The van der Waals surface area contributed by atoms with Crippen LogP contribution in [0.3, 0.4) is 0 Å². The zero-order valence-electron chi connectivity index (χ0n) is 25.8. The van der Waals surface area contributed by atoms with Crippen LogP contribution >= 0.6 is 11.6 Å². The van der Waals surface area contributed by atoms with E-state index in [0.717, 1.165) is 31.5 Å². The van der Waals surface area contributed by atoms with Gasteiger partial charge in [0.05, 0.1) is 40.1 Å². The van der Waals surface area contributed by atoms with Crippen LogP contribution in [0.15, 0.2) is 79.1 Å². The Morgan fingerprint density at radius 3 is 2.48 bits per heavy atom. The minimum absolute atomic E-state index is 0.116. The van der Waals surface area contributed by atoms with Crippen LogP contribution in [0.25, 0.3) is 10.9 Å². The number of nitriles is 1. The molecule has 1 saturated heterocycles. The molecule has 234 valence electrons. The third-order valence-corrected chi connectivity index (χ3v) is 8.73. The van der Waals surface area contributed by atoms with Gasteiger partial charge in [-0.15, -0.1) is 5.10 Å². The Morgan fingerprint density at radius 2 is 1.80 bits per heavy atom. The van der Waals surface area contributed by atoms with E-state index in [0.29, 0.717) is 38.6 Å². The first-order valence-electron chi connectivity index (χ1n) is 15.2. The molecule has 0 bridgehead atoms. The number of carbonyl (C=O) groups is 1. The van der Waals surface area contributed by atoms with Crippen LogP contribution in [0.4, 0.5) is 15.8 Å². The summed E-state index contributed by atoms with van der Waals surface area (Å²) in [6.07, 6.45) is 5.26. The van der Waals surface area contributed by atoms with Gasteiger partial charge in [0.2, 0.25) is 0 Å². The summed E-state index contributed by atoms with van der Waals surface area (Å²) in [5.41, 5.74) is 3.51. The number of piperidine rings is 1. The number of carbonyl (C=O) groups excluding carboxylic acids is 1. The summed E-state index contributed by atoms with van der Waals surface area (Å²) in [6, 6.07) is 20.3. The third kappa shape index (κ3) is 6.57. The van der Waals surface area contributed by atoms with E-state index in [9.17, 15) is 14.4 Å². The molecule has 11 heteroatoms. The lowest BCUT2D eigenvalue weighted by Gasteiger charge is -2.40. The molecule has 0 radical (unpaired) electrons. The molecule has 1 aliphatic rings. The summed E-state index contributed by atoms with van der Waals surface area (Å²) in [5, 5.41) is 26.2. The minimum Gasteiger partial charge on any atom is -0.373 e. The molecule has 1 atom stereocenters. The average molecular weight is 637 g/mol. The number of rotatable bonds is 7. The zero-order valence-corrected chi connectivity index (χ0v) is 26.6. The smallest absolute Gasteiger partial charge is 0.255 e. The van der Waals surface area contributed by atoms with Gasteiger partial charge in [0.1, 0.15) is 17.6 Å². The molecule has 5 aromatic rings. The van der Waals surface area contributed by atoms with E-state index in [2.05, 4.69) is 57.7 Å². The maximum Gasteiger partial charge on any atom is 0.255 e. The van der Waals surface area contributed by atoms with Gasteiger partial charge in [-0.3, -0.25) is 14.7 Å². The molecular formula is C35H34ClFN8O. The van der Waals surface area contributed by atoms with Crippen molar-refractivity contribution >= 4 is 39.8 Å². The first-order chi connectivity index (χ1) is 22.1. The van der Waals surface area contributed by atoms with E-state index in [1.807, 2.05) is 16.9 Å². The number of aromatic nitrogens is 4. The second kappa shape index (κ2) is 12.9. The Balaban J connectivity index is 1.35. The van der Waals surface area contributed by atoms with Crippen molar-refractivity contribution in [1.82, 2.24) is 24.9 Å². The van der Waals surface area contributed by atoms with Gasteiger partial charge in [0.15, 0.2) is 0 Å². The monoisotopic (exact) mass is 636 g/mol. The molecule has 3 aromatic carbocycles. The summed E-state index contributed by atoms with van der Waals surface area (Å²) < 4.78 is 15.9. The second-order valence-electron chi connectivity index (χ2n) is 12.5. The molecule has 2 aromatic heterocycles. The lowest BCUT2D eigenvalue weighted by molar-refractivity contribution is 0.0866. The number of halogens is 2. The topological polar surface area (TPSA) is 112 Å². The number of fused-ring (bicyclic) bond motifs is 1. The molecule has 3 heterocycles. The number of amides is 1. The van der Waals surface area contributed by atoms with Crippen molar-refractivity contribution in [3.63, 3.8) is 0 Å². The molecule has 1 fully saturated rings. The average Bonchev–Trinajstić information content (AvgIpc) is 3.55. The van der Waals surface area contributed by atoms with Crippen molar-refractivity contribution in [3.05, 3.63) is 112 Å². The third-order valence-electron chi connectivity index (χ3n) is 8.45. The lowest BCUT2D eigenvalue weighted by atomic mass is 9.98. The Bertz CT molecular complexity index is 1910. The Hall–Kier alpha value is -4.85. The highest BCUT2D eigenvalue weighted by Crippen LogP contribution is 2.36. The quantitative estimate of drug-likeness (QED) is 0.192. The largest absolute Gasteiger partial charge is 0.373 e. The Kier molecular flexibility index (Phi) is 8.71. The van der Waals surface area contributed by atoms with Crippen LogP contribution < -0.4 is 10.6 Å². The van der Waals surface area contributed by atoms with Crippen LogP contribution in [0, 0.1) is 17.1 Å². The van der Waals surface area contributed by atoms with Crippen molar-refractivity contribution < 1.29 is 9.18 Å². The Labute approximate surface area is 272 Å². The summed E-state index contributed by atoms with van der Waals surface area (Å²) >= 11 is 6.75. The highest BCUT2D eigenvalue weighted by atomic mass is 35.5. The van der Waals surface area contributed by atoms with Crippen molar-refractivity contribution in [1.29, 1.82) is 5.26 Å². The summed E-state index contributed by atoms with van der Waals surface area (Å²) in [5.74, 6) is -0.715. The summed E-state index contributed by atoms with van der Waals surface area (Å²) in [7, 11) is 0. The fourth-order valence-corrected chi connectivity index (χ4v) is 6.16. The van der Waals surface area contributed by atoms with E-state index >= 15 is 0 Å². The highest BCUT2D eigenvalue weighted by Gasteiger charge is 2.29. The maximum atomic E-state index is 14.0. The molecule has 0 unspecified atom stereocenters. The molecule has 0 aliphatic carbocycles. The van der Waals surface area contributed by atoms with Gasteiger partial charge in [-0.1, -0.05) is 47.1 Å². The number of hydrogen-bond acceptors (Lipinski definition) is 7. The van der Waals surface area contributed by atoms with E-state index < -0.39 is 6.04 Å². The molecule has 46 heavy (non-hydrogen) atoms. The fraction of sp³-hybridized carbons (Fsp3) is 0.286. The normalized spacial score (nSPS) is 15.0. The number of nitrogens with one attached hydrogen (secondary N) is 2. The van der Waals surface area contributed by atoms with Crippen LogP contribution in [0.5, 0.6) is 0 Å². The SMILES string of the molecule is CC(C)(C)N1CCC(n2cc([C@@H](Nc3cc(Cl)c4ncc(C#N)c(NC(=O)c5ccccc5)c4c3)c3ccc(F)cc3)nn2)CC1. The number of hydrogen-bond donors (Lipinski definition) is 2. The van der Waals surface area contributed by atoms with Crippen LogP contribution in [-0.4, -0.2) is 49.4 Å². The number of nitrogens with zero attached hydrogens (tertiary/aromatic N) is 6. The molecule has 1 aliphatic heterocycles. The lowest BCUT2D eigenvalue weighted by Crippen LogP contribution is -2.46. The van der Waals surface area contributed by atoms with Crippen LogP contribution in [0.2, 0.25) is 5.02 Å². The standard InChI is InChI=1S/C35H34ClFN8O/c1-35(2,3)44-15-13-27(14-16-44)45-21-30(42-43-45)32(22-9-11-25(37)12-10-22)40-26-17-28-31(41-34(46)23-7-5-4-6-8-23)24(19-38)20-39-33(28)29(36)18-26/h4-12,17-18,20-21,27,32,40H,13-16H2,1-3H3,(H,39,41,46)/t32-/m0/s1. The molecular weight excluding hydrogens is 603 g/mol. The van der Waals surface area contributed by atoms with Crippen LogP contribution in [0.1, 0.15) is 72.9 Å². The first-order valence-corrected chi connectivity index (χ1v) is 15.6. The van der Waals surface area contributed by atoms with Gasteiger partial charge in [-0.25, -0.2) is 9.07 Å². The first kappa shape index (κ1) is 31.1. The minimum atomic E-state index is -0.507. The predicted octanol–water partition coefficient (Wildman–Crippen LogP) is 7.38. The molecule has 1 amide bonds. The summed E-state index contributed by atoms with van der Waals surface area (Å²) in [6.45, 7) is 8.64. The predicted molar refractivity (Wildman–Crippen MR) is 177 cm³/mol. The molecule has 2 N–H and O–H groups in total. The van der Waals surface area contributed by atoms with Gasteiger partial charge in [-0.05, 0) is 75.6 Å². The van der Waals surface area contributed by atoms with Crippen molar-refractivity contribution in [2.75, 3.05) is 23.7 Å². The van der Waals surface area contributed by atoms with Gasteiger partial charge >= 0.3 is 0 Å². The van der Waals surface area contributed by atoms with E-state index in [4.69, 9.17) is 11.6 Å². The van der Waals surface area contributed by atoms with E-state index in [-0.39, 0.29) is 28.9 Å². The van der Waals surface area contributed by atoms with E-state index in [1.54, 1.807) is 48.5 Å². The van der Waals surface area contributed by atoms with Gasteiger partial charge in [0.25, 0.3) is 5.91 Å². The number of benzene rings is 3. The second-order valence-corrected chi connectivity index (χ2v) is 12.9. The van der Waals surface area contributed by atoms with E-state index in [1.165, 1.54) is 18.3 Å².